The van der Waals surface area contributed by atoms with Gasteiger partial charge in [0, 0.05) is 30.9 Å². The predicted molar refractivity (Wildman–Crippen MR) is 67.3 cm³/mol. The maximum Gasteiger partial charge on any atom is 0.127 e. The fraction of sp³-hybridized carbons (Fsp3) is 0.538. The maximum absolute atomic E-state index is 5.85. The highest BCUT2D eigenvalue weighted by molar-refractivity contribution is 5.65. The summed E-state index contributed by atoms with van der Waals surface area (Å²) < 4.78 is 5.56. The lowest BCUT2D eigenvalue weighted by molar-refractivity contribution is 0.404. The average Bonchev–Trinajstić information content (AvgIpc) is 2.59. The molecule has 1 aromatic rings. The van der Waals surface area contributed by atoms with Crippen molar-refractivity contribution < 1.29 is 4.74 Å². The Labute approximate surface area is 97.2 Å². The highest BCUT2D eigenvalue weighted by atomic mass is 16.5. The van der Waals surface area contributed by atoms with Crippen molar-refractivity contribution in [3.8, 4) is 5.75 Å². The van der Waals surface area contributed by atoms with Crippen LogP contribution in [-0.2, 0) is 12.8 Å². The van der Waals surface area contributed by atoms with E-state index >= 15 is 0 Å². The van der Waals surface area contributed by atoms with Crippen molar-refractivity contribution in [3.05, 3.63) is 23.3 Å². The van der Waals surface area contributed by atoms with E-state index in [-0.39, 0.29) is 6.04 Å². The first-order chi connectivity index (χ1) is 7.63. The van der Waals surface area contributed by atoms with Gasteiger partial charge in [-0.05, 0) is 31.4 Å². The largest absolute Gasteiger partial charge is 0.496 e. The lowest BCUT2D eigenvalue weighted by atomic mass is 10.0. The lowest BCUT2D eigenvalue weighted by Crippen LogP contribution is -2.18. The zero-order valence-electron chi connectivity index (χ0n) is 10.3. The summed E-state index contributed by atoms with van der Waals surface area (Å²) in [4.78, 5) is 2.27. The van der Waals surface area contributed by atoms with Gasteiger partial charge in [0.25, 0.3) is 0 Å². The predicted octanol–water partition coefficient (Wildman–Crippen LogP) is 1.58. The quantitative estimate of drug-likeness (QED) is 0.840. The second kappa shape index (κ2) is 4.34. The van der Waals surface area contributed by atoms with E-state index in [0.29, 0.717) is 0 Å². The second-order valence-electron chi connectivity index (χ2n) is 4.61. The molecule has 1 aliphatic rings. The number of rotatable bonds is 3. The van der Waals surface area contributed by atoms with Gasteiger partial charge in [0.05, 0.1) is 7.11 Å². The van der Waals surface area contributed by atoms with Crippen LogP contribution in [0.5, 0.6) is 5.75 Å². The minimum absolute atomic E-state index is 0.172. The fourth-order valence-electron chi connectivity index (χ4n) is 2.43. The monoisotopic (exact) mass is 220 g/mol. The van der Waals surface area contributed by atoms with E-state index in [1.165, 1.54) is 16.8 Å². The number of likely N-dealkylation sites (N-methyl/N-ethyl adjacent to an activating group) is 1. The topological polar surface area (TPSA) is 38.5 Å². The molecular formula is C13H20N2O. The van der Waals surface area contributed by atoms with Crippen LogP contribution in [0.1, 0.15) is 18.1 Å². The molecule has 88 valence electrons. The molecule has 0 bridgehead atoms. The van der Waals surface area contributed by atoms with E-state index in [1.807, 2.05) is 6.92 Å². The minimum atomic E-state index is 0.172. The SMILES string of the molecule is COc1c(CC(C)N)ccc2c1CCN2C. The van der Waals surface area contributed by atoms with Crippen LogP contribution in [0.2, 0.25) is 0 Å². The van der Waals surface area contributed by atoms with Crippen LogP contribution in [0.3, 0.4) is 0 Å². The van der Waals surface area contributed by atoms with Crippen molar-refractivity contribution in [2.24, 2.45) is 5.73 Å². The zero-order valence-corrected chi connectivity index (χ0v) is 10.3. The highest BCUT2D eigenvalue weighted by Crippen LogP contribution is 2.37. The highest BCUT2D eigenvalue weighted by Gasteiger charge is 2.22. The van der Waals surface area contributed by atoms with Crippen LogP contribution in [0.25, 0.3) is 0 Å². The summed E-state index contributed by atoms with van der Waals surface area (Å²) in [6.45, 7) is 3.10. The molecule has 1 aromatic carbocycles. The Kier molecular flexibility index (Phi) is 3.06. The maximum atomic E-state index is 5.85. The van der Waals surface area contributed by atoms with Crippen LogP contribution < -0.4 is 15.4 Å². The fourth-order valence-corrected chi connectivity index (χ4v) is 2.43. The Morgan fingerprint density at radius 3 is 2.88 bits per heavy atom. The standard InChI is InChI=1S/C13H20N2O/c1-9(14)8-10-4-5-12-11(13(10)16-3)6-7-15(12)2/h4-5,9H,6-8,14H2,1-3H3. The van der Waals surface area contributed by atoms with Gasteiger partial charge >= 0.3 is 0 Å². The van der Waals surface area contributed by atoms with Crippen molar-refractivity contribution in [1.82, 2.24) is 0 Å². The number of nitrogens with zero attached hydrogens (tertiary/aromatic N) is 1. The first-order valence-corrected chi connectivity index (χ1v) is 5.79. The van der Waals surface area contributed by atoms with Crippen molar-refractivity contribution in [2.45, 2.75) is 25.8 Å². The number of nitrogens with two attached hydrogens (primary N) is 1. The summed E-state index contributed by atoms with van der Waals surface area (Å²) in [6, 6.07) is 4.50. The Morgan fingerprint density at radius 1 is 1.50 bits per heavy atom. The van der Waals surface area contributed by atoms with Gasteiger partial charge in [-0.2, -0.15) is 0 Å². The number of fused-ring (bicyclic) bond motifs is 1. The van der Waals surface area contributed by atoms with Crippen LogP contribution in [0, 0.1) is 0 Å². The normalized spacial score (nSPS) is 16.1. The molecule has 2 rings (SSSR count). The molecule has 0 saturated carbocycles. The van der Waals surface area contributed by atoms with Gasteiger partial charge in [-0.15, -0.1) is 0 Å². The summed E-state index contributed by atoms with van der Waals surface area (Å²) in [7, 11) is 3.87. The third kappa shape index (κ3) is 1.87. The first-order valence-electron chi connectivity index (χ1n) is 5.79. The molecule has 0 spiro atoms. The molecule has 1 unspecified atom stereocenters. The first kappa shape index (κ1) is 11.3. The lowest BCUT2D eigenvalue weighted by Gasteiger charge is -2.16. The van der Waals surface area contributed by atoms with Gasteiger partial charge in [-0.1, -0.05) is 6.07 Å². The second-order valence-corrected chi connectivity index (χ2v) is 4.61. The molecule has 1 heterocycles. The minimum Gasteiger partial charge on any atom is -0.496 e. The van der Waals surface area contributed by atoms with Gasteiger partial charge in [0.2, 0.25) is 0 Å². The Bertz CT molecular complexity index is 388. The van der Waals surface area contributed by atoms with Crippen LogP contribution in [0.4, 0.5) is 5.69 Å². The van der Waals surface area contributed by atoms with E-state index in [1.54, 1.807) is 7.11 Å². The summed E-state index contributed by atoms with van der Waals surface area (Å²) in [6.07, 6.45) is 1.95. The van der Waals surface area contributed by atoms with Crippen LogP contribution in [0.15, 0.2) is 12.1 Å². The van der Waals surface area contributed by atoms with E-state index < -0.39 is 0 Å². The molecular weight excluding hydrogens is 200 g/mol. The number of hydrogen-bond acceptors (Lipinski definition) is 3. The molecule has 0 amide bonds. The Balaban J connectivity index is 2.42. The van der Waals surface area contributed by atoms with Gasteiger partial charge in [0.1, 0.15) is 5.75 Å². The summed E-state index contributed by atoms with van der Waals surface area (Å²) >= 11 is 0. The average molecular weight is 220 g/mol. The van der Waals surface area contributed by atoms with E-state index in [9.17, 15) is 0 Å². The third-order valence-corrected chi connectivity index (χ3v) is 3.17. The summed E-state index contributed by atoms with van der Waals surface area (Å²) in [5, 5.41) is 0. The number of ether oxygens (including phenoxy) is 1. The number of benzene rings is 1. The Morgan fingerprint density at radius 2 is 2.25 bits per heavy atom. The van der Waals surface area contributed by atoms with E-state index in [4.69, 9.17) is 10.5 Å². The van der Waals surface area contributed by atoms with Crippen LogP contribution >= 0.6 is 0 Å². The van der Waals surface area contributed by atoms with Gasteiger partial charge in [-0.25, -0.2) is 0 Å². The van der Waals surface area contributed by atoms with Crippen molar-refractivity contribution in [2.75, 3.05) is 25.6 Å². The van der Waals surface area contributed by atoms with E-state index in [0.717, 1.165) is 25.1 Å². The third-order valence-electron chi connectivity index (χ3n) is 3.17. The molecule has 1 atom stereocenters. The summed E-state index contributed by atoms with van der Waals surface area (Å²) in [5.41, 5.74) is 9.72. The van der Waals surface area contributed by atoms with Crippen LogP contribution in [-0.4, -0.2) is 26.7 Å². The molecule has 0 aromatic heterocycles. The van der Waals surface area contributed by atoms with Gasteiger partial charge in [0.15, 0.2) is 0 Å². The summed E-state index contributed by atoms with van der Waals surface area (Å²) in [5.74, 6) is 1.04. The molecule has 0 saturated heterocycles. The molecule has 16 heavy (non-hydrogen) atoms. The number of anilines is 1. The molecule has 1 aliphatic heterocycles. The number of methoxy groups -OCH3 is 1. The van der Waals surface area contributed by atoms with Gasteiger partial charge < -0.3 is 15.4 Å². The molecule has 0 radical (unpaired) electrons. The van der Waals surface area contributed by atoms with Crippen molar-refractivity contribution in [1.29, 1.82) is 0 Å². The van der Waals surface area contributed by atoms with Gasteiger partial charge in [-0.3, -0.25) is 0 Å². The number of hydrogen-bond donors (Lipinski definition) is 1. The molecule has 3 heteroatoms. The zero-order chi connectivity index (χ0) is 11.7. The molecule has 0 fully saturated rings. The van der Waals surface area contributed by atoms with Crippen molar-refractivity contribution in [3.63, 3.8) is 0 Å². The Hall–Kier alpha value is -1.22. The smallest absolute Gasteiger partial charge is 0.127 e. The molecule has 0 aliphatic carbocycles. The molecule has 3 nitrogen and oxygen atoms in total. The van der Waals surface area contributed by atoms with E-state index in [2.05, 4.69) is 24.1 Å². The van der Waals surface area contributed by atoms with Crippen molar-refractivity contribution >= 4 is 5.69 Å². The molecule has 2 N–H and O–H groups in total.